The van der Waals surface area contributed by atoms with Gasteiger partial charge in [-0.1, -0.05) is 383 Å². The molecule has 17 unspecified atom stereocenters. The molecule has 3 heterocycles. The summed E-state index contributed by atoms with van der Waals surface area (Å²) in [6, 6.07) is -0.999. The Kier molecular flexibility index (Phi) is 68.9. The minimum atomic E-state index is -1.98. The molecule has 19 heteroatoms. The number of carbonyl (C=O) groups is 1. The minimum absolute atomic E-state index is 0.235. The molecule has 0 aromatic carbocycles. The number of hydrogen-bond acceptors (Lipinski definition) is 18. The second-order valence-corrected chi connectivity index (χ2v) is 33.8. The van der Waals surface area contributed by atoms with Crippen LogP contribution in [0.15, 0.2) is 60.8 Å². The van der Waals surface area contributed by atoms with E-state index in [-0.39, 0.29) is 18.9 Å². The van der Waals surface area contributed by atoms with E-state index in [4.69, 9.17) is 28.4 Å². The molecule has 3 aliphatic rings. The molecule has 3 fully saturated rings. The predicted molar refractivity (Wildman–Crippen MR) is 462 cm³/mol. The molecule has 0 aliphatic carbocycles. The standard InChI is InChI=1S/C95H175NO18/c1-3-5-7-9-11-13-15-17-19-21-23-25-27-29-31-33-35-37-38-39-40-41-43-45-47-49-51-53-55-57-59-61-63-65-67-69-71-73-83(101)96-78(79(100)72-70-68-66-64-62-60-58-56-54-52-50-48-46-44-42-36-34-32-30-28-26-24-22-20-18-16-14-12-10-8-6-4-2)77-109-93-89(107)86(104)91(81(75-98)111-93)114-95-90(108)87(105)92(82(76-99)112-95)113-94-88(106)85(103)84(102)80(74-97)110-94/h15,17,21,23,54,56,62,64,70,72,78-82,84-95,97-100,102-108H,3-14,16,18-20,22,24-53,55,57-61,63,65-69,71,73-77H2,1-2H3,(H,96,101)/b17-15-,23-21-,56-54+,64-62+,72-70+. The first kappa shape index (κ1) is 106. The molecule has 1 amide bonds. The zero-order valence-corrected chi connectivity index (χ0v) is 72.3. The van der Waals surface area contributed by atoms with Gasteiger partial charge >= 0.3 is 0 Å². The smallest absolute Gasteiger partial charge is 0.220 e. The molecular weight excluding hydrogens is 1440 g/mol. The molecule has 3 saturated heterocycles. The van der Waals surface area contributed by atoms with E-state index in [0.29, 0.717) is 12.8 Å². The Morgan fingerprint density at radius 3 is 0.930 bits per heavy atom. The van der Waals surface area contributed by atoms with Crippen molar-refractivity contribution in [2.24, 2.45) is 0 Å². The summed E-state index contributed by atoms with van der Waals surface area (Å²) in [5.74, 6) is -0.282. The molecular formula is C95H175NO18. The van der Waals surface area contributed by atoms with E-state index in [2.05, 4.69) is 67.8 Å². The quantitative estimate of drug-likeness (QED) is 0.0199. The molecule has 0 aromatic rings. The lowest BCUT2D eigenvalue weighted by Crippen LogP contribution is -2.66. The summed E-state index contributed by atoms with van der Waals surface area (Å²) in [5.41, 5.74) is 0. The summed E-state index contributed by atoms with van der Waals surface area (Å²) in [6.45, 7) is 1.76. The number of ether oxygens (including phenoxy) is 6. The van der Waals surface area contributed by atoms with Crippen LogP contribution in [0.5, 0.6) is 0 Å². The molecule has 17 atom stereocenters. The second kappa shape index (κ2) is 74.3. The van der Waals surface area contributed by atoms with Gasteiger partial charge in [0.25, 0.3) is 0 Å². The van der Waals surface area contributed by atoms with Crippen LogP contribution >= 0.6 is 0 Å². The van der Waals surface area contributed by atoms with Gasteiger partial charge in [0.2, 0.25) is 5.91 Å². The van der Waals surface area contributed by atoms with Crippen LogP contribution in [0.2, 0.25) is 0 Å². The predicted octanol–water partition coefficient (Wildman–Crippen LogP) is 18.9. The summed E-state index contributed by atoms with van der Waals surface area (Å²) in [6.07, 6.45) is 72.6. The summed E-state index contributed by atoms with van der Waals surface area (Å²) in [5, 5.41) is 121. The molecule has 19 nitrogen and oxygen atoms in total. The van der Waals surface area contributed by atoms with Gasteiger partial charge in [0, 0.05) is 6.42 Å². The third-order valence-electron chi connectivity index (χ3n) is 23.5. The van der Waals surface area contributed by atoms with Crippen molar-refractivity contribution in [1.29, 1.82) is 0 Å². The number of carbonyl (C=O) groups excluding carboxylic acids is 1. The maximum atomic E-state index is 13.5. The number of nitrogens with one attached hydrogen (secondary N) is 1. The highest BCUT2D eigenvalue weighted by Gasteiger charge is 2.54. The van der Waals surface area contributed by atoms with E-state index in [1.807, 2.05) is 6.08 Å². The summed E-state index contributed by atoms with van der Waals surface area (Å²) in [7, 11) is 0. The van der Waals surface area contributed by atoms with Crippen molar-refractivity contribution in [3.05, 3.63) is 60.8 Å². The van der Waals surface area contributed by atoms with Gasteiger partial charge in [-0.2, -0.15) is 0 Å². The summed E-state index contributed by atoms with van der Waals surface area (Å²) >= 11 is 0. The number of unbranched alkanes of at least 4 members (excludes halogenated alkanes) is 54. The van der Waals surface area contributed by atoms with E-state index in [1.165, 1.54) is 321 Å². The van der Waals surface area contributed by atoms with Crippen LogP contribution in [0.25, 0.3) is 0 Å². The van der Waals surface area contributed by atoms with Crippen LogP contribution in [0.4, 0.5) is 0 Å². The molecule has 12 N–H and O–H groups in total. The average Bonchev–Trinajstić information content (AvgIpc) is 0.777. The Morgan fingerprint density at radius 1 is 0.316 bits per heavy atom. The first-order valence-corrected chi connectivity index (χ1v) is 47.5. The fourth-order valence-electron chi connectivity index (χ4n) is 16.0. The van der Waals surface area contributed by atoms with Crippen molar-refractivity contribution >= 4 is 5.91 Å². The van der Waals surface area contributed by atoms with Gasteiger partial charge in [-0.05, 0) is 77.0 Å². The van der Waals surface area contributed by atoms with E-state index in [9.17, 15) is 61.0 Å². The van der Waals surface area contributed by atoms with Crippen molar-refractivity contribution in [1.82, 2.24) is 5.32 Å². The fraction of sp³-hybridized carbons (Fsp3) is 0.884. The van der Waals surface area contributed by atoms with Gasteiger partial charge in [-0.3, -0.25) is 4.79 Å². The van der Waals surface area contributed by atoms with Crippen molar-refractivity contribution in [3.63, 3.8) is 0 Å². The van der Waals surface area contributed by atoms with Gasteiger partial charge < -0.3 is 89.9 Å². The normalized spacial score (nSPS) is 24.9. The third kappa shape index (κ3) is 52.0. The Labute approximate surface area is 694 Å². The van der Waals surface area contributed by atoms with Crippen LogP contribution in [0.3, 0.4) is 0 Å². The first-order valence-electron chi connectivity index (χ1n) is 47.5. The van der Waals surface area contributed by atoms with Crippen molar-refractivity contribution in [2.75, 3.05) is 26.4 Å². The van der Waals surface area contributed by atoms with Crippen LogP contribution in [0, 0.1) is 0 Å². The Balaban J connectivity index is 1.32. The number of amides is 1. The Hall–Kier alpha value is -2.51. The molecule has 0 bridgehead atoms. The maximum Gasteiger partial charge on any atom is 0.220 e. The van der Waals surface area contributed by atoms with Gasteiger partial charge in [0.1, 0.15) is 73.2 Å². The zero-order valence-electron chi connectivity index (χ0n) is 72.3. The monoisotopic (exact) mass is 1620 g/mol. The van der Waals surface area contributed by atoms with Gasteiger partial charge in [-0.15, -0.1) is 0 Å². The zero-order chi connectivity index (χ0) is 82.4. The molecule has 0 aromatic heterocycles. The lowest BCUT2D eigenvalue weighted by molar-refractivity contribution is -0.379. The van der Waals surface area contributed by atoms with Gasteiger partial charge in [-0.25, -0.2) is 0 Å². The Morgan fingerprint density at radius 2 is 0.588 bits per heavy atom. The van der Waals surface area contributed by atoms with Crippen LogP contribution < -0.4 is 5.32 Å². The molecule has 114 heavy (non-hydrogen) atoms. The number of aliphatic hydroxyl groups excluding tert-OH is 11. The largest absolute Gasteiger partial charge is 0.394 e. The van der Waals surface area contributed by atoms with E-state index in [1.54, 1.807) is 6.08 Å². The van der Waals surface area contributed by atoms with Crippen molar-refractivity contribution < 1.29 is 89.4 Å². The first-order chi connectivity index (χ1) is 55.8. The highest BCUT2D eigenvalue weighted by molar-refractivity contribution is 5.76. The SMILES string of the molecule is CCCCCCC/C=C\C/C=C\CCCCCCCCCCCCCCCCCCCCCCCCCCCC(=O)NC(COC1OC(CO)C(OC2OC(CO)C(OC3OC(CO)C(O)C(O)C3O)C(O)C2O)C(O)C1O)C(O)/C=C/CC/C=C/CC/C=C/CCCCCCCCCCCCCCCCCCCCCCCC. The molecule has 3 rings (SSSR count). The highest BCUT2D eigenvalue weighted by atomic mass is 16.8. The molecule has 668 valence electrons. The lowest BCUT2D eigenvalue weighted by Gasteiger charge is -2.48. The van der Waals surface area contributed by atoms with Crippen LogP contribution in [-0.4, -0.2) is 193 Å². The molecule has 0 radical (unpaired) electrons. The highest BCUT2D eigenvalue weighted by Crippen LogP contribution is 2.34. The van der Waals surface area contributed by atoms with E-state index >= 15 is 0 Å². The van der Waals surface area contributed by atoms with E-state index < -0.39 is 124 Å². The van der Waals surface area contributed by atoms with Gasteiger partial charge in [0.05, 0.1) is 38.6 Å². The number of aliphatic hydroxyl groups is 11. The van der Waals surface area contributed by atoms with Crippen molar-refractivity contribution in [2.45, 2.75) is 510 Å². The van der Waals surface area contributed by atoms with Crippen LogP contribution in [-0.2, 0) is 33.2 Å². The summed E-state index contributed by atoms with van der Waals surface area (Å²) in [4.78, 5) is 13.5. The Bertz CT molecular complexity index is 2290. The number of allylic oxidation sites excluding steroid dienone is 9. The minimum Gasteiger partial charge on any atom is -0.394 e. The summed E-state index contributed by atoms with van der Waals surface area (Å²) < 4.78 is 34.5. The third-order valence-corrected chi connectivity index (χ3v) is 23.5. The molecule has 0 spiro atoms. The fourth-order valence-corrected chi connectivity index (χ4v) is 16.0. The van der Waals surface area contributed by atoms with E-state index in [0.717, 1.165) is 51.4 Å². The number of rotatable bonds is 78. The average molecular weight is 1620 g/mol. The van der Waals surface area contributed by atoms with Crippen molar-refractivity contribution in [3.8, 4) is 0 Å². The molecule has 3 aliphatic heterocycles. The maximum absolute atomic E-state index is 13.5. The van der Waals surface area contributed by atoms with Gasteiger partial charge in [0.15, 0.2) is 18.9 Å². The second-order valence-electron chi connectivity index (χ2n) is 33.8. The lowest BCUT2D eigenvalue weighted by atomic mass is 9.96. The molecule has 0 saturated carbocycles. The number of hydrogen-bond donors (Lipinski definition) is 12. The van der Waals surface area contributed by atoms with Crippen LogP contribution in [0.1, 0.15) is 406 Å². The topological polar surface area (TPSA) is 307 Å².